The molecule has 0 spiro atoms. The molecule has 0 saturated carbocycles. The van der Waals surface area contributed by atoms with Gasteiger partial charge in [0.2, 0.25) is 17.7 Å². The average molecular weight is 451 g/mol. The van der Waals surface area contributed by atoms with Crippen LogP contribution in [0.25, 0.3) is 0 Å². The Morgan fingerprint density at radius 2 is 1.85 bits per heavy atom. The summed E-state index contributed by atoms with van der Waals surface area (Å²) in [7, 11) is 0. The van der Waals surface area contributed by atoms with Crippen molar-refractivity contribution in [3.8, 4) is 0 Å². The topological polar surface area (TPSA) is 109 Å². The highest BCUT2D eigenvalue weighted by Crippen LogP contribution is 2.34. The maximum atomic E-state index is 12.7. The first-order chi connectivity index (χ1) is 16.0. The van der Waals surface area contributed by atoms with Gasteiger partial charge in [-0.05, 0) is 67.5 Å². The van der Waals surface area contributed by atoms with E-state index in [1.807, 2.05) is 31.2 Å². The lowest BCUT2D eigenvalue weighted by molar-refractivity contribution is -0.138. The lowest BCUT2D eigenvalue weighted by atomic mass is 9.77. The van der Waals surface area contributed by atoms with Crippen molar-refractivity contribution in [3.63, 3.8) is 0 Å². The van der Waals surface area contributed by atoms with E-state index >= 15 is 0 Å². The van der Waals surface area contributed by atoms with Crippen molar-refractivity contribution in [1.82, 2.24) is 10.3 Å². The molecule has 1 aromatic carbocycles. The molecule has 2 aromatic rings. The van der Waals surface area contributed by atoms with Crippen LogP contribution in [0.1, 0.15) is 37.3 Å². The minimum Gasteiger partial charge on any atom is -0.381 e. The molecular weight excluding hydrogens is 420 g/mol. The van der Waals surface area contributed by atoms with Crippen LogP contribution in [-0.2, 0) is 32.0 Å². The molecule has 3 N–H and O–H groups in total. The standard InChI is InChI=1S/C25H30N4O4/c1-2-25(8-11-33-12-9-25)24(32)27-16-22(30)28-20-7-6-17-13-19(14-18(17)15-20)23(31)29-21-5-3-4-10-26-21/h3-7,10,15,19H,2,8-9,11-14,16H2,1H3,(H,27,32)(H,28,30)(H,26,29,31)/t19-/m1/s1. The predicted molar refractivity (Wildman–Crippen MR) is 125 cm³/mol. The molecule has 4 rings (SSSR count). The van der Waals surface area contributed by atoms with Crippen molar-refractivity contribution in [2.24, 2.45) is 11.3 Å². The van der Waals surface area contributed by atoms with Crippen molar-refractivity contribution in [3.05, 3.63) is 53.7 Å². The third-order valence-electron chi connectivity index (χ3n) is 6.73. The van der Waals surface area contributed by atoms with Gasteiger partial charge in [0, 0.05) is 31.0 Å². The number of carbonyl (C=O) groups is 3. The minimum atomic E-state index is -0.447. The molecule has 1 saturated heterocycles. The Hall–Kier alpha value is -3.26. The highest BCUT2D eigenvalue weighted by molar-refractivity contribution is 5.96. The number of hydrogen-bond donors (Lipinski definition) is 3. The Morgan fingerprint density at radius 1 is 1.06 bits per heavy atom. The fraction of sp³-hybridized carbons (Fsp3) is 0.440. The van der Waals surface area contributed by atoms with Gasteiger partial charge in [-0.2, -0.15) is 0 Å². The quantitative estimate of drug-likeness (QED) is 0.601. The second-order valence-corrected chi connectivity index (χ2v) is 8.77. The Bertz CT molecular complexity index is 1020. The molecule has 8 heteroatoms. The molecule has 0 unspecified atom stereocenters. The maximum absolute atomic E-state index is 12.7. The molecule has 174 valence electrons. The number of nitrogens with zero attached hydrogens (tertiary/aromatic N) is 1. The maximum Gasteiger partial charge on any atom is 0.243 e. The average Bonchev–Trinajstić information content (AvgIpc) is 3.27. The lowest BCUT2D eigenvalue weighted by Crippen LogP contribution is -2.46. The third-order valence-corrected chi connectivity index (χ3v) is 6.73. The van der Waals surface area contributed by atoms with E-state index in [0.29, 0.717) is 50.4 Å². The van der Waals surface area contributed by atoms with Crippen LogP contribution in [-0.4, -0.2) is 42.5 Å². The van der Waals surface area contributed by atoms with E-state index in [1.54, 1.807) is 18.3 Å². The molecule has 8 nitrogen and oxygen atoms in total. The van der Waals surface area contributed by atoms with Crippen LogP contribution in [0.15, 0.2) is 42.6 Å². The second kappa shape index (κ2) is 10.1. The number of fused-ring (bicyclic) bond motifs is 1. The normalized spacial score (nSPS) is 18.8. The van der Waals surface area contributed by atoms with E-state index in [0.717, 1.165) is 17.5 Å². The summed E-state index contributed by atoms with van der Waals surface area (Å²) >= 11 is 0. The molecule has 0 radical (unpaired) electrons. The number of hydrogen-bond acceptors (Lipinski definition) is 5. The summed E-state index contributed by atoms with van der Waals surface area (Å²) in [5, 5.41) is 8.51. The number of anilines is 2. The van der Waals surface area contributed by atoms with E-state index in [2.05, 4.69) is 20.9 Å². The minimum absolute atomic E-state index is 0.0591. The molecule has 33 heavy (non-hydrogen) atoms. The van der Waals surface area contributed by atoms with Crippen molar-refractivity contribution >= 4 is 29.2 Å². The Balaban J connectivity index is 1.29. The number of carbonyl (C=O) groups excluding carboxylic acids is 3. The van der Waals surface area contributed by atoms with Gasteiger partial charge in [0.25, 0.3) is 0 Å². The van der Waals surface area contributed by atoms with Crippen LogP contribution in [0.5, 0.6) is 0 Å². The fourth-order valence-electron chi connectivity index (χ4n) is 4.60. The molecule has 1 fully saturated rings. The van der Waals surface area contributed by atoms with Gasteiger partial charge >= 0.3 is 0 Å². The van der Waals surface area contributed by atoms with Gasteiger partial charge in [-0.15, -0.1) is 0 Å². The first kappa shape index (κ1) is 22.9. The van der Waals surface area contributed by atoms with Crippen molar-refractivity contribution in [2.75, 3.05) is 30.4 Å². The Morgan fingerprint density at radius 3 is 2.58 bits per heavy atom. The van der Waals surface area contributed by atoms with E-state index < -0.39 is 5.41 Å². The van der Waals surface area contributed by atoms with E-state index in [4.69, 9.17) is 4.74 Å². The molecule has 2 heterocycles. The summed E-state index contributed by atoms with van der Waals surface area (Å²) in [6, 6.07) is 11.1. The van der Waals surface area contributed by atoms with Crippen LogP contribution in [0.4, 0.5) is 11.5 Å². The van der Waals surface area contributed by atoms with Crippen LogP contribution in [0.3, 0.4) is 0 Å². The Labute approximate surface area is 193 Å². The van der Waals surface area contributed by atoms with Crippen LogP contribution >= 0.6 is 0 Å². The number of rotatable bonds is 7. The van der Waals surface area contributed by atoms with Gasteiger partial charge in [-0.25, -0.2) is 4.98 Å². The number of nitrogens with one attached hydrogen (secondary N) is 3. The van der Waals surface area contributed by atoms with Crippen LogP contribution in [0, 0.1) is 11.3 Å². The second-order valence-electron chi connectivity index (χ2n) is 8.77. The van der Waals surface area contributed by atoms with Crippen LogP contribution in [0.2, 0.25) is 0 Å². The number of amides is 3. The number of ether oxygens (including phenoxy) is 1. The van der Waals surface area contributed by atoms with Crippen molar-refractivity contribution in [2.45, 2.75) is 39.0 Å². The van der Waals surface area contributed by atoms with Gasteiger partial charge in [-0.3, -0.25) is 14.4 Å². The Kier molecular flexibility index (Phi) is 7.03. The molecule has 0 bridgehead atoms. The molecule has 1 aliphatic carbocycles. The number of benzene rings is 1. The summed E-state index contributed by atoms with van der Waals surface area (Å²) in [4.78, 5) is 41.9. The zero-order valence-electron chi connectivity index (χ0n) is 18.9. The summed E-state index contributed by atoms with van der Waals surface area (Å²) in [5.74, 6) is -0.0459. The number of pyridine rings is 1. The van der Waals surface area contributed by atoms with E-state index in [1.165, 1.54) is 0 Å². The zero-order valence-corrected chi connectivity index (χ0v) is 18.9. The predicted octanol–water partition coefficient (Wildman–Crippen LogP) is 2.70. The fourth-order valence-corrected chi connectivity index (χ4v) is 4.60. The van der Waals surface area contributed by atoms with Crippen LogP contribution < -0.4 is 16.0 Å². The highest BCUT2D eigenvalue weighted by Gasteiger charge is 2.38. The molecule has 3 amide bonds. The largest absolute Gasteiger partial charge is 0.381 e. The first-order valence-electron chi connectivity index (χ1n) is 11.5. The zero-order chi connectivity index (χ0) is 23.3. The smallest absolute Gasteiger partial charge is 0.243 e. The van der Waals surface area contributed by atoms with Gasteiger partial charge in [0.1, 0.15) is 5.82 Å². The summed E-state index contributed by atoms with van der Waals surface area (Å²) in [6.07, 6.45) is 4.98. The molecular formula is C25H30N4O4. The van der Waals surface area contributed by atoms with E-state index in [-0.39, 0.29) is 30.2 Å². The van der Waals surface area contributed by atoms with Gasteiger partial charge in [0.15, 0.2) is 0 Å². The molecule has 2 aliphatic rings. The lowest BCUT2D eigenvalue weighted by Gasteiger charge is -2.34. The molecule has 1 aromatic heterocycles. The van der Waals surface area contributed by atoms with Crippen molar-refractivity contribution in [1.29, 1.82) is 0 Å². The highest BCUT2D eigenvalue weighted by atomic mass is 16.5. The SMILES string of the molecule is CCC1(C(=O)NCC(=O)Nc2ccc3c(c2)C[C@H](C(=O)Nc2ccccn2)C3)CCOCC1. The first-order valence-corrected chi connectivity index (χ1v) is 11.5. The molecule has 1 aliphatic heterocycles. The monoisotopic (exact) mass is 450 g/mol. The van der Waals surface area contributed by atoms with Crippen molar-refractivity contribution < 1.29 is 19.1 Å². The summed E-state index contributed by atoms with van der Waals surface area (Å²) in [6.45, 7) is 3.07. The van der Waals surface area contributed by atoms with Gasteiger partial charge in [0.05, 0.1) is 12.0 Å². The number of aromatic nitrogens is 1. The third kappa shape index (κ3) is 5.39. The summed E-state index contributed by atoms with van der Waals surface area (Å²) in [5.41, 5.74) is 2.36. The summed E-state index contributed by atoms with van der Waals surface area (Å²) < 4.78 is 5.38. The van der Waals surface area contributed by atoms with Gasteiger partial charge in [-0.1, -0.05) is 19.1 Å². The van der Waals surface area contributed by atoms with E-state index in [9.17, 15) is 14.4 Å². The van der Waals surface area contributed by atoms with Gasteiger partial charge < -0.3 is 20.7 Å². The molecule has 1 atom stereocenters.